The van der Waals surface area contributed by atoms with Gasteiger partial charge in [0.15, 0.2) is 6.10 Å². The molecule has 0 aliphatic carbocycles. The number of rotatable bonds is 49. The first-order valence-corrected chi connectivity index (χ1v) is 27.4. The second-order valence-electron chi connectivity index (χ2n) is 18.1. The topological polar surface area (TPSA) is 78.9 Å². The highest BCUT2D eigenvalue weighted by Crippen LogP contribution is 2.15. The molecule has 0 heterocycles. The van der Waals surface area contributed by atoms with Gasteiger partial charge in [0.2, 0.25) is 0 Å². The minimum Gasteiger partial charge on any atom is -0.462 e. The summed E-state index contributed by atoms with van der Waals surface area (Å²) in [5.41, 5.74) is 0. The molecule has 1 atom stereocenters. The Balaban J connectivity index is 4.17. The molecule has 0 aliphatic rings. The first-order chi connectivity index (χ1) is 32.0. The van der Waals surface area contributed by atoms with E-state index in [1.807, 2.05) is 0 Å². The average molecular weight is 907 g/mol. The largest absolute Gasteiger partial charge is 0.462 e. The Labute approximate surface area is 402 Å². The normalized spacial score (nSPS) is 12.6. The minimum atomic E-state index is -0.781. The lowest BCUT2D eigenvalue weighted by Crippen LogP contribution is -2.30. The van der Waals surface area contributed by atoms with Crippen molar-refractivity contribution in [3.8, 4) is 0 Å². The zero-order valence-electron chi connectivity index (χ0n) is 42.7. The third-order valence-electron chi connectivity index (χ3n) is 11.7. The van der Waals surface area contributed by atoms with Gasteiger partial charge in [-0.25, -0.2) is 0 Å². The number of carbonyl (C=O) groups is 3. The summed E-state index contributed by atoms with van der Waals surface area (Å²) < 4.78 is 16.7. The van der Waals surface area contributed by atoms with Crippen molar-refractivity contribution in [1.29, 1.82) is 0 Å². The molecule has 0 amide bonds. The Morgan fingerprint density at radius 3 is 0.954 bits per heavy atom. The van der Waals surface area contributed by atoms with Gasteiger partial charge in [0.05, 0.1) is 0 Å². The summed E-state index contributed by atoms with van der Waals surface area (Å²) in [5.74, 6) is -0.914. The third-order valence-corrected chi connectivity index (χ3v) is 11.7. The van der Waals surface area contributed by atoms with Crippen LogP contribution in [0.1, 0.15) is 265 Å². The maximum Gasteiger partial charge on any atom is 0.306 e. The van der Waals surface area contributed by atoms with E-state index in [9.17, 15) is 14.4 Å². The summed E-state index contributed by atoms with van der Waals surface area (Å²) in [4.78, 5) is 37.7. The van der Waals surface area contributed by atoms with Crippen molar-refractivity contribution >= 4 is 17.9 Å². The SMILES string of the molecule is CC/C=C\C/C=C\C/C=C\C/C=C\C/C=C\CCCCCCCC(=O)OCC(COC(=O)CCCCCCC)OC(=O)CCCCCCCCCCC/C=C\CCCCCCCCCC. The Hall–Kier alpha value is -3.15. The fourth-order valence-electron chi connectivity index (χ4n) is 7.58. The molecule has 0 bridgehead atoms. The van der Waals surface area contributed by atoms with Crippen LogP contribution in [-0.4, -0.2) is 37.2 Å². The van der Waals surface area contributed by atoms with Gasteiger partial charge in [-0.15, -0.1) is 0 Å². The molecule has 6 heteroatoms. The van der Waals surface area contributed by atoms with Crippen molar-refractivity contribution in [2.45, 2.75) is 271 Å². The number of allylic oxidation sites excluding steroid dienone is 12. The van der Waals surface area contributed by atoms with Crippen LogP contribution in [0.15, 0.2) is 72.9 Å². The lowest BCUT2D eigenvalue weighted by molar-refractivity contribution is -0.167. The second kappa shape index (κ2) is 53.5. The molecule has 0 aromatic heterocycles. The summed E-state index contributed by atoms with van der Waals surface area (Å²) in [6.07, 6.45) is 67.9. The Kier molecular flexibility index (Phi) is 50.9. The Bertz CT molecular complexity index is 1230. The molecule has 0 aromatic carbocycles. The number of hydrogen-bond acceptors (Lipinski definition) is 6. The van der Waals surface area contributed by atoms with E-state index in [0.29, 0.717) is 19.3 Å². The van der Waals surface area contributed by atoms with Gasteiger partial charge in [0.25, 0.3) is 0 Å². The fraction of sp³-hybridized carbons (Fsp3) is 0.746. The van der Waals surface area contributed by atoms with Crippen molar-refractivity contribution in [1.82, 2.24) is 0 Å². The molecule has 0 saturated carbocycles. The molecule has 0 rings (SSSR count). The van der Waals surface area contributed by atoms with E-state index in [1.54, 1.807) is 0 Å². The van der Waals surface area contributed by atoms with Crippen LogP contribution in [0.4, 0.5) is 0 Å². The summed E-state index contributed by atoms with van der Waals surface area (Å²) in [5, 5.41) is 0. The van der Waals surface area contributed by atoms with Gasteiger partial charge in [-0.05, 0) is 89.9 Å². The van der Waals surface area contributed by atoms with Crippen LogP contribution in [0, 0.1) is 0 Å². The summed E-state index contributed by atoms with van der Waals surface area (Å²) in [7, 11) is 0. The Morgan fingerprint density at radius 1 is 0.323 bits per heavy atom. The number of ether oxygens (including phenoxy) is 3. The first kappa shape index (κ1) is 61.9. The van der Waals surface area contributed by atoms with Gasteiger partial charge in [0.1, 0.15) is 13.2 Å². The van der Waals surface area contributed by atoms with E-state index in [4.69, 9.17) is 14.2 Å². The fourth-order valence-corrected chi connectivity index (χ4v) is 7.58. The lowest BCUT2D eigenvalue weighted by atomic mass is 10.1. The minimum absolute atomic E-state index is 0.0830. The predicted molar refractivity (Wildman–Crippen MR) is 279 cm³/mol. The monoisotopic (exact) mass is 907 g/mol. The first-order valence-electron chi connectivity index (χ1n) is 27.4. The second-order valence-corrected chi connectivity index (χ2v) is 18.1. The van der Waals surface area contributed by atoms with Crippen molar-refractivity contribution in [3.63, 3.8) is 0 Å². The highest BCUT2D eigenvalue weighted by atomic mass is 16.6. The number of hydrogen-bond donors (Lipinski definition) is 0. The van der Waals surface area contributed by atoms with Crippen molar-refractivity contribution in [3.05, 3.63) is 72.9 Å². The van der Waals surface area contributed by atoms with E-state index in [2.05, 4.69) is 93.7 Å². The quantitative estimate of drug-likeness (QED) is 0.0262. The molecule has 65 heavy (non-hydrogen) atoms. The van der Waals surface area contributed by atoms with Gasteiger partial charge >= 0.3 is 17.9 Å². The molecule has 0 N–H and O–H groups in total. The molecular weight excluding hydrogens is 805 g/mol. The summed E-state index contributed by atoms with van der Waals surface area (Å²) in [6.45, 7) is 6.43. The number of esters is 3. The molecule has 0 saturated heterocycles. The standard InChI is InChI=1S/C59H102O6/c1-4-7-10-13-15-17-19-21-23-25-27-29-31-33-35-37-39-41-43-46-49-52-58(61)64-55-56(54-63-57(60)51-48-45-12-9-6-3)65-59(62)53-50-47-44-42-40-38-36-34-32-30-28-26-24-22-20-18-16-14-11-8-5-2/h7,10,15,17,21,23,26-29,33,35,56H,4-6,8-9,11-14,16,18-20,22,24-25,30-32,34,36-55H2,1-3H3/b10-7-,17-15-,23-21-,28-26-,29-27-,35-33-. The summed E-state index contributed by atoms with van der Waals surface area (Å²) in [6, 6.07) is 0. The van der Waals surface area contributed by atoms with Crippen molar-refractivity contribution < 1.29 is 28.6 Å². The zero-order chi connectivity index (χ0) is 47.2. The maximum atomic E-state index is 12.8. The maximum absolute atomic E-state index is 12.8. The van der Waals surface area contributed by atoms with E-state index in [-0.39, 0.29) is 31.1 Å². The molecule has 0 fully saturated rings. The molecule has 0 spiro atoms. The van der Waals surface area contributed by atoms with Gasteiger partial charge in [-0.1, -0.05) is 229 Å². The third kappa shape index (κ3) is 51.7. The van der Waals surface area contributed by atoms with E-state index in [0.717, 1.165) is 116 Å². The highest BCUT2D eigenvalue weighted by molar-refractivity contribution is 5.71. The van der Waals surface area contributed by atoms with Crippen LogP contribution in [-0.2, 0) is 28.6 Å². The van der Waals surface area contributed by atoms with E-state index in [1.165, 1.54) is 109 Å². The molecule has 0 radical (unpaired) electrons. The van der Waals surface area contributed by atoms with Crippen LogP contribution in [0.5, 0.6) is 0 Å². The van der Waals surface area contributed by atoms with Crippen LogP contribution < -0.4 is 0 Å². The van der Waals surface area contributed by atoms with E-state index < -0.39 is 6.10 Å². The number of unbranched alkanes of at least 4 members (excludes halogenated alkanes) is 26. The molecule has 1 unspecified atom stereocenters. The van der Waals surface area contributed by atoms with Crippen LogP contribution >= 0.6 is 0 Å². The molecule has 0 aromatic rings. The smallest absolute Gasteiger partial charge is 0.306 e. The van der Waals surface area contributed by atoms with Crippen molar-refractivity contribution in [2.75, 3.05) is 13.2 Å². The van der Waals surface area contributed by atoms with Crippen LogP contribution in [0.3, 0.4) is 0 Å². The number of carbonyl (C=O) groups excluding carboxylic acids is 3. The van der Waals surface area contributed by atoms with E-state index >= 15 is 0 Å². The van der Waals surface area contributed by atoms with Gasteiger partial charge in [0, 0.05) is 19.3 Å². The average Bonchev–Trinajstić information content (AvgIpc) is 3.30. The predicted octanol–water partition coefficient (Wildman–Crippen LogP) is 18.2. The highest BCUT2D eigenvalue weighted by Gasteiger charge is 2.19. The van der Waals surface area contributed by atoms with Gasteiger partial charge < -0.3 is 14.2 Å². The van der Waals surface area contributed by atoms with Gasteiger partial charge in [-0.3, -0.25) is 14.4 Å². The Morgan fingerprint density at radius 2 is 0.600 bits per heavy atom. The molecule has 0 aliphatic heterocycles. The van der Waals surface area contributed by atoms with Crippen molar-refractivity contribution in [2.24, 2.45) is 0 Å². The lowest BCUT2D eigenvalue weighted by Gasteiger charge is -2.18. The van der Waals surface area contributed by atoms with Crippen LogP contribution in [0.25, 0.3) is 0 Å². The van der Waals surface area contributed by atoms with Gasteiger partial charge in [-0.2, -0.15) is 0 Å². The molecular formula is C59H102O6. The summed E-state index contributed by atoms with van der Waals surface area (Å²) >= 11 is 0. The zero-order valence-corrected chi connectivity index (χ0v) is 42.7. The van der Waals surface area contributed by atoms with Crippen LogP contribution in [0.2, 0.25) is 0 Å². The molecule has 374 valence electrons. The molecule has 6 nitrogen and oxygen atoms in total.